The smallest absolute Gasteiger partial charge is 0.0658 e. The van der Waals surface area contributed by atoms with Gasteiger partial charge >= 0.3 is 0 Å². The van der Waals surface area contributed by atoms with Crippen molar-refractivity contribution in [1.29, 1.82) is 0 Å². The number of nitrogens with two attached hydrogens (primary N) is 1. The fraction of sp³-hybridized carbons (Fsp3) is 0.455. The first kappa shape index (κ1) is 12.3. The van der Waals surface area contributed by atoms with Crippen LogP contribution in [0.25, 0.3) is 0 Å². The van der Waals surface area contributed by atoms with Crippen LogP contribution in [-0.2, 0) is 0 Å². The highest BCUT2D eigenvalue weighted by Gasteiger charge is 2.24. The van der Waals surface area contributed by atoms with Gasteiger partial charge in [0.15, 0.2) is 0 Å². The molecule has 0 fully saturated rings. The molecule has 4 heteroatoms. The summed E-state index contributed by atoms with van der Waals surface area (Å²) in [6.45, 7) is 4.01. The third-order valence-electron chi connectivity index (χ3n) is 2.65. The predicted molar refractivity (Wildman–Crippen MR) is 68.1 cm³/mol. The second-order valence-electron chi connectivity index (χ2n) is 4.23. The molecule has 0 spiro atoms. The summed E-state index contributed by atoms with van der Waals surface area (Å²) in [5.41, 5.74) is 7.20. The van der Waals surface area contributed by atoms with E-state index in [-0.39, 0.29) is 12.1 Å². The lowest BCUT2D eigenvalue weighted by atomic mass is 10.0. The highest BCUT2D eigenvalue weighted by Crippen LogP contribution is 2.30. The molecule has 0 aromatic heterocycles. The average Bonchev–Trinajstić information content (AvgIpc) is 2.20. The van der Waals surface area contributed by atoms with E-state index >= 15 is 0 Å². The topological polar surface area (TPSA) is 49.5 Å². The molecule has 84 valence electrons. The number of aliphatic hydroxyl groups is 1. The first-order chi connectivity index (χ1) is 6.88. The molecule has 0 amide bonds. The van der Waals surface area contributed by atoms with Gasteiger partial charge in [0, 0.05) is 11.5 Å². The number of benzene rings is 1. The SMILES string of the molecule is CN(c1cc(Br)ccc1N)C(C)(C)CO. The molecule has 15 heavy (non-hydrogen) atoms. The Balaban J connectivity index is 3.10. The van der Waals surface area contributed by atoms with E-state index in [0.29, 0.717) is 5.69 Å². The molecular weight excluding hydrogens is 256 g/mol. The van der Waals surface area contributed by atoms with Crippen LogP contribution in [0, 0.1) is 0 Å². The van der Waals surface area contributed by atoms with Gasteiger partial charge in [-0.1, -0.05) is 15.9 Å². The van der Waals surface area contributed by atoms with Gasteiger partial charge in [0.1, 0.15) is 0 Å². The lowest BCUT2D eigenvalue weighted by molar-refractivity contribution is 0.216. The summed E-state index contributed by atoms with van der Waals surface area (Å²) in [7, 11) is 1.92. The third-order valence-corrected chi connectivity index (χ3v) is 3.14. The Bertz CT molecular complexity index is 352. The first-order valence-corrected chi connectivity index (χ1v) is 5.57. The van der Waals surface area contributed by atoms with Gasteiger partial charge in [-0.05, 0) is 32.0 Å². The lowest BCUT2D eigenvalue weighted by Crippen LogP contribution is -2.44. The van der Waals surface area contributed by atoms with Gasteiger partial charge in [0.05, 0.1) is 23.5 Å². The van der Waals surface area contributed by atoms with Crippen molar-refractivity contribution in [3.8, 4) is 0 Å². The molecule has 0 saturated heterocycles. The van der Waals surface area contributed by atoms with E-state index in [0.717, 1.165) is 10.2 Å². The summed E-state index contributed by atoms with van der Waals surface area (Å²) >= 11 is 3.41. The Morgan fingerprint density at radius 1 is 1.47 bits per heavy atom. The minimum absolute atomic E-state index is 0.0788. The Hall–Kier alpha value is -0.740. The Kier molecular flexibility index (Phi) is 3.62. The fourth-order valence-corrected chi connectivity index (χ4v) is 1.59. The maximum Gasteiger partial charge on any atom is 0.0658 e. The van der Waals surface area contributed by atoms with Gasteiger partial charge in [0.25, 0.3) is 0 Å². The zero-order valence-electron chi connectivity index (χ0n) is 9.29. The minimum atomic E-state index is -0.324. The maximum absolute atomic E-state index is 9.29. The van der Waals surface area contributed by atoms with Crippen molar-refractivity contribution in [3.63, 3.8) is 0 Å². The molecule has 3 N–H and O–H groups in total. The molecule has 0 radical (unpaired) electrons. The van der Waals surface area contributed by atoms with Crippen LogP contribution in [0.4, 0.5) is 11.4 Å². The monoisotopic (exact) mass is 272 g/mol. The van der Waals surface area contributed by atoms with Crippen molar-refractivity contribution in [2.45, 2.75) is 19.4 Å². The number of hydrogen-bond acceptors (Lipinski definition) is 3. The molecule has 0 aliphatic carbocycles. The van der Waals surface area contributed by atoms with Gasteiger partial charge in [-0.3, -0.25) is 0 Å². The molecule has 0 bridgehead atoms. The van der Waals surface area contributed by atoms with Crippen molar-refractivity contribution in [2.24, 2.45) is 0 Å². The van der Waals surface area contributed by atoms with Crippen LogP contribution >= 0.6 is 15.9 Å². The lowest BCUT2D eigenvalue weighted by Gasteiger charge is -2.36. The second kappa shape index (κ2) is 4.41. The predicted octanol–water partition coefficient (Wildman–Crippen LogP) is 2.24. The van der Waals surface area contributed by atoms with Crippen LogP contribution in [0.2, 0.25) is 0 Å². The number of anilines is 2. The fourth-order valence-electron chi connectivity index (χ4n) is 1.24. The number of halogens is 1. The molecule has 0 unspecified atom stereocenters. The van der Waals surface area contributed by atoms with E-state index in [1.54, 1.807) is 0 Å². The summed E-state index contributed by atoms with van der Waals surface area (Å²) in [4.78, 5) is 1.98. The van der Waals surface area contributed by atoms with Crippen molar-refractivity contribution >= 4 is 27.3 Å². The normalized spacial score (nSPS) is 11.5. The van der Waals surface area contributed by atoms with E-state index < -0.39 is 0 Å². The van der Waals surface area contributed by atoms with Crippen LogP contribution in [0.15, 0.2) is 22.7 Å². The van der Waals surface area contributed by atoms with Crippen LogP contribution in [-0.4, -0.2) is 24.3 Å². The summed E-state index contributed by atoms with van der Waals surface area (Å²) in [6.07, 6.45) is 0. The largest absolute Gasteiger partial charge is 0.397 e. The van der Waals surface area contributed by atoms with Gasteiger partial charge in [-0.15, -0.1) is 0 Å². The van der Waals surface area contributed by atoms with Crippen molar-refractivity contribution in [3.05, 3.63) is 22.7 Å². The molecule has 1 rings (SSSR count). The molecular formula is C11H17BrN2O. The van der Waals surface area contributed by atoms with Gasteiger partial charge in [0.2, 0.25) is 0 Å². The van der Waals surface area contributed by atoms with Crippen LogP contribution in [0.3, 0.4) is 0 Å². The standard InChI is InChI=1S/C11H17BrN2O/c1-11(2,7-15)14(3)10-6-8(12)4-5-9(10)13/h4-6,15H,7,13H2,1-3H3. The Morgan fingerprint density at radius 3 is 2.60 bits per heavy atom. The number of hydrogen-bond donors (Lipinski definition) is 2. The van der Waals surface area contributed by atoms with Crippen LogP contribution in [0.1, 0.15) is 13.8 Å². The highest BCUT2D eigenvalue weighted by atomic mass is 79.9. The minimum Gasteiger partial charge on any atom is -0.397 e. The van der Waals surface area contributed by atoms with Crippen LogP contribution < -0.4 is 10.6 Å². The zero-order valence-corrected chi connectivity index (χ0v) is 10.9. The van der Waals surface area contributed by atoms with E-state index in [1.807, 2.05) is 44.0 Å². The van der Waals surface area contributed by atoms with Crippen molar-refractivity contribution in [2.75, 3.05) is 24.3 Å². The first-order valence-electron chi connectivity index (χ1n) is 4.78. The molecule has 1 aromatic rings. The Labute approximate surface area is 99.0 Å². The number of aliphatic hydroxyl groups excluding tert-OH is 1. The van der Waals surface area contributed by atoms with Crippen LogP contribution in [0.5, 0.6) is 0 Å². The molecule has 0 aliphatic rings. The van der Waals surface area contributed by atoms with Gasteiger partial charge in [-0.25, -0.2) is 0 Å². The van der Waals surface area contributed by atoms with Crippen molar-refractivity contribution < 1.29 is 5.11 Å². The quantitative estimate of drug-likeness (QED) is 0.830. The molecule has 3 nitrogen and oxygen atoms in total. The Morgan fingerprint density at radius 2 is 2.07 bits per heavy atom. The molecule has 0 aliphatic heterocycles. The van der Waals surface area contributed by atoms with Crippen molar-refractivity contribution in [1.82, 2.24) is 0 Å². The summed E-state index contributed by atoms with van der Waals surface area (Å²) in [5, 5.41) is 9.29. The van der Waals surface area contributed by atoms with E-state index in [4.69, 9.17) is 5.73 Å². The van der Waals surface area contributed by atoms with E-state index in [2.05, 4.69) is 15.9 Å². The number of likely N-dealkylation sites (N-methyl/N-ethyl adjacent to an activating group) is 1. The highest BCUT2D eigenvalue weighted by molar-refractivity contribution is 9.10. The van der Waals surface area contributed by atoms with E-state index in [9.17, 15) is 5.11 Å². The number of nitrogen functional groups attached to an aromatic ring is 1. The second-order valence-corrected chi connectivity index (χ2v) is 5.15. The summed E-state index contributed by atoms with van der Waals surface area (Å²) in [5.74, 6) is 0. The third kappa shape index (κ3) is 2.63. The molecule has 1 aromatic carbocycles. The number of nitrogens with zero attached hydrogens (tertiary/aromatic N) is 1. The van der Waals surface area contributed by atoms with Gasteiger partial charge < -0.3 is 15.7 Å². The molecule has 0 heterocycles. The molecule has 0 saturated carbocycles. The number of rotatable bonds is 3. The maximum atomic E-state index is 9.29. The summed E-state index contributed by atoms with van der Waals surface area (Å²) < 4.78 is 0.979. The van der Waals surface area contributed by atoms with E-state index in [1.165, 1.54) is 0 Å². The summed E-state index contributed by atoms with van der Waals surface area (Å²) in [6, 6.07) is 5.70. The van der Waals surface area contributed by atoms with Gasteiger partial charge in [-0.2, -0.15) is 0 Å². The average molecular weight is 273 g/mol. The molecule has 0 atom stereocenters. The zero-order chi connectivity index (χ0) is 11.6.